The largest absolute Gasteiger partial charge is 0.309 e. The van der Waals surface area contributed by atoms with Crippen LogP contribution in [0.5, 0.6) is 0 Å². The lowest BCUT2D eigenvalue weighted by molar-refractivity contribution is 1.09. The summed E-state index contributed by atoms with van der Waals surface area (Å²) < 4.78 is 0. The predicted molar refractivity (Wildman–Crippen MR) is 242 cm³/mol. The maximum absolute atomic E-state index is 2.51. The first-order valence-electron chi connectivity index (χ1n) is 19.7. The number of hydrogen-bond acceptors (Lipinski definition) is 1. The van der Waals surface area contributed by atoms with Crippen LogP contribution in [0.3, 0.4) is 0 Å². The molecular weight excluding hydrogens is 663 g/mol. The molecule has 0 saturated carbocycles. The van der Waals surface area contributed by atoms with Gasteiger partial charge in [0, 0.05) is 16.6 Å². The molecule has 9 aromatic carbocycles. The Morgan fingerprint density at radius 1 is 0.491 bits per heavy atom. The van der Waals surface area contributed by atoms with Crippen molar-refractivity contribution in [2.45, 2.75) is 40.5 Å². The number of benzene rings is 9. The van der Waals surface area contributed by atoms with E-state index in [-0.39, 0.29) is 0 Å². The Hall–Kier alpha value is -6.44. The number of anilines is 3. The van der Waals surface area contributed by atoms with E-state index < -0.39 is 0 Å². The summed E-state index contributed by atoms with van der Waals surface area (Å²) in [6.07, 6.45) is 11.0. The van der Waals surface area contributed by atoms with Gasteiger partial charge in [-0.2, -0.15) is 0 Å². The molecule has 0 atom stereocenters. The molecule has 0 aliphatic heterocycles. The van der Waals surface area contributed by atoms with Crippen LogP contribution in [0.15, 0.2) is 164 Å². The zero-order chi connectivity index (χ0) is 37.5. The van der Waals surface area contributed by atoms with Crippen molar-refractivity contribution in [3.05, 3.63) is 186 Å². The average molecular weight is 708 g/mol. The van der Waals surface area contributed by atoms with E-state index in [9.17, 15) is 0 Å². The van der Waals surface area contributed by atoms with Crippen molar-refractivity contribution in [1.82, 2.24) is 0 Å². The van der Waals surface area contributed by atoms with Crippen LogP contribution in [0.2, 0.25) is 0 Å². The van der Waals surface area contributed by atoms with Gasteiger partial charge in [0.15, 0.2) is 0 Å². The maximum Gasteiger partial charge on any atom is 0.0546 e. The monoisotopic (exact) mass is 707 g/mol. The zero-order valence-electron chi connectivity index (χ0n) is 32.1. The Morgan fingerprint density at radius 2 is 1.04 bits per heavy atom. The highest BCUT2D eigenvalue weighted by Gasteiger charge is 2.23. The van der Waals surface area contributed by atoms with E-state index in [1.165, 1.54) is 98.6 Å². The fraction of sp³-hybridized carbons (Fsp3) is 0.111. The second-order valence-corrected chi connectivity index (χ2v) is 14.6. The highest BCUT2D eigenvalue weighted by atomic mass is 15.1. The van der Waals surface area contributed by atoms with Crippen molar-refractivity contribution in [3.8, 4) is 11.1 Å². The SMILES string of the molecule is C/C=C\c1cc(N(c2ccc(-c3ccc4c5ccccc5c5ccccc5c4c3)cc2)c2cc3ccccc3c3ccccc23)c(/C=C\CC)c(C)c1CC. The number of hydrogen-bond donors (Lipinski definition) is 0. The molecule has 1 nitrogen and oxygen atoms in total. The molecule has 0 bridgehead atoms. The van der Waals surface area contributed by atoms with Crippen molar-refractivity contribution >= 4 is 83.1 Å². The third kappa shape index (κ3) is 5.88. The Labute approximate surface area is 324 Å². The summed E-state index contributed by atoms with van der Waals surface area (Å²) >= 11 is 0. The van der Waals surface area contributed by atoms with Crippen LogP contribution in [0.4, 0.5) is 17.1 Å². The summed E-state index contributed by atoms with van der Waals surface area (Å²) in [5, 5.41) is 12.8. The second kappa shape index (κ2) is 14.4. The molecule has 9 rings (SSSR count). The smallest absolute Gasteiger partial charge is 0.0546 e. The van der Waals surface area contributed by atoms with E-state index in [1.54, 1.807) is 0 Å². The van der Waals surface area contributed by atoms with Gasteiger partial charge in [-0.05, 0) is 133 Å². The van der Waals surface area contributed by atoms with Crippen LogP contribution in [0.25, 0.3) is 77.1 Å². The van der Waals surface area contributed by atoms with Gasteiger partial charge in [-0.1, -0.05) is 159 Å². The van der Waals surface area contributed by atoms with Gasteiger partial charge in [-0.25, -0.2) is 0 Å². The van der Waals surface area contributed by atoms with E-state index in [4.69, 9.17) is 0 Å². The third-order valence-electron chi connectivity index (χ3n) is 11.4. The van der Waals surface area contributed by atoms with Gasteiger partial charge in [0.25, 0.3) is 0 Å². The van der Waals surface area contributed by atoms with Crippen LogP contribution in [0.1, 0.15) is 49.4 Å². The third-order valence-corrected chi connectivity index (χ3v) is 11.4. The molecule has 0 unspecified atom stereocenters. The van der Waals surface area contributed by atoms with E-state index in [2.05, 4.69) is 209 Å². The van der Waals surface area contributed by atoms with E-state index in [0.29, 0.717) is 0 Å². The quantitative estimate of drug-likeness (QED) is 0.142. The molecule has 9 aromatic rings. The van der Waals surface area contributed by atoms with Crippen molar-refractivity contribution in [1.29, 1.82) is 0 Å². The molecule has 1 heteroatoms. The Kier molecular flexibility index (Phi) is 9.00. The summed E-state index contributed by atoms with van der Waals surface area (Å²) in [7, 11) is 0. The molecule has 0 saturated heterocycles. The second-order valence-electron chi connectivity index (χ2n) is 14.6. The van der Waals surface area contributed by atoms with E-state index in [1.807, 2.05) is 0 Å². The molecule has 0 heterocycles. The summed E-state index contributed by atoms with van der Waals surface area (Å²) in [4.78, 5) is 2.51. The average Bonchev–Trinajstić information content (AvgIpc) is 3.24. The first-order valence-corrected chi connectivity index (χ1v) is 19.7. The Bertz CT molecular complexity index is 2930. The minimum atomic E-state index is 0.974. The van der Waals surface area contributed by atoms with Crippen LogP contribution in [0, 0.1) is 6.92 Å². The van der Waals surface area contributed by atoms with Crippen molar-refractivity contribution in [2.75, 3.05) is 4.90 Å². The molecule has 0 N–H and O–H groups in total. The highest BCUT2D eigenvalue weighted by molar-refractivity contribution is 6.25. The molecule has 0 aliphatic rings. The Balaban J connectivity index is 1.28. The summed E-state index contributed by atoms with van der Waals surface area (Å²) in [5.74, 6) is 0. The number of allylic oxidation sites excluding steroid dienone is 2. The predicted octanol–water partition coefficient (Wildman–Crippen LogP) is 15.9. The number of rotatable bonds is 8. The first-order chi connectivity index (χ1) is 27.1. The van der Waals surface area contributed by atoms with Gasteiger partial charge in [0.2, 0.25) is 0 Å². The lowest BCUT2D eigenvalue weighted by atomic mass is 9.91. The van der Waals surface area contributed by atoms with Crippen molar-refractivity contribution in [2.24, 2.45) is 0 Å². The Morgan fingerprint density at radius 3 is 1.65 bits per heavy atom. The van der Waals surface area contributed by atoms with Crippen LogP contribution in [-0.2, 0) is 6.42 Å². The lowest BCUT2D eigenvalue weighted by Crippen LogP contribution is -2.14. The van der Waals surface area contributed by atoms with Crippen molar-refractivity contribution in [3.63, 3.8) is 0 Å². The minimum absolute atomic E-state index is 0.974. The van der Waals surface area contributed by atoms with Crippen molar-refractivity contribution < 1.29 is 0 Å². The van der Waals surface area contributed by atoms with Gasteiger partial charge >= 0.3 is 0 Å². The summed E-state index contributed by atoms with van der Waals surface area (Å²) in [5.41, 5.74) is 11.2. The maximum atomic E-state index is 2.51. The van der Waals surface area contributed by atoms with Crippen LogP contribution < -0.4 is 4.90 Å². The molecular formula is C54H45N. The topological polar surface area (TPSA) is 3.24 Å². The number of nitrogens with zero attached hydrogens (tertiary/aromatic N) is 1. The van der Waals surface area contributed by atoms with Gasteiger partial charge < -0.3 is 4.90 Å². The normalized spacial score (nSPS) is 12.0. The van der Waals surface area contributed by atoms with E-state index in [0.717, 1.165) is 18.5 Å². The molecule has 266 valence electrons. The molecule has 0 fully saturated rings. The van der Waals surface area contributed by atoms with Crippen LogP contribution in [-0.4, -0.2) is 0 Å². The molecule has 0 spiro atoms. The molecule has 0 aliphatic carbocycles. The van der Waals surface area contributed by atoms with E-state index >= 15 is 0 Å². The molecule has 0 amide bonds. The van der Waals surface area contributed by atoms with Gasteiger partial charge in [0.1, 0.15) is 0 Å². The van der Waals surface area contributed by atoms with Gasteiger partial charge in [-0.15, -0.1) is 0 Å². The molecule has 55 heavy (non-hydrogen) atoms. The van der Waals surface area contributed by atoms with Gasteiger partial charge in [0.05, 0.1) is 11.4 Å². The fourth-order valence-electron chi connectivity index (χ4n) is 8.83. The zero-order valence-corrected chi connectivity index (χ0v) is 32.1. The van der Waals surface area contributed by atoms with Gasteiger partial charge in [-0.3, -0.25) is 0 Å². The van der Waals surface area contributed by atoms with Crippen LogP contribution >= 0.6 is 0 Å². The minimum Gasteiger partial charge on any atom is -0.309 e. The molecule has 0 radical (unpaired) electrons. The lowest BCUT2D eigenvalue weighted by Gasteiger charge is -2.31. The fourth-order valence-corrected chi connectivity index (χ4v) is 8.83. The first kappa shape index (κ1) is 34.3. The molecule has 0 aromatic heterocycles. The number of fused-ring (bicyclic) bond motifs is 9. The standard InChI is InChI=1S/C54H45N/c1-5-8-19-43-36(4)42(7-3)39(17-6-2)34-53(43)55(54-35-40-18-9-10-20-44(40)45-21-15-16-26-51(45)54)41-30-27-37(28-31-41)38-29-32-50-48-24-12-11-22-46(48)47-23-13-14-25-49(47)52(50)33-38/h6,8-35H,5,7H2,1-4H3/b17-6-,19-8-. The summed E-state index contributed by atoms with van der Waals surface area (Å²) in [6, 6.07) is 56.3. The highest BCUT2D eigenvalue weighted by Crippen LogP contribution is 2.46. The summed E-state index contributed by atoms with van der Waals surface area (Å²) in [6.45, 7) is 8.90.